The average molecular weight is 422 g/mol. The lowest BCUT2D eigenvalue weighted by molar-refractivity contribution is 0.229. The molecule has 0 saturated carbocycles. The first kappa shape index (κ1) is 22.4. The smallest absolute Gasteiger partial charge is 0.315 e. The summed E-state index contributed by atoms with van der Waals surface area (Å²) in [7, 11) is 7.61. The van der Waals surface area contributed by atoms with Crippen LogP contribution in [0, 0.1) is 0 Å². The van der Waals surface area contributed by atoms with E-state index in [1.165, 1.54) is 5.56 Å². The van der Waals surface area contributed by atoms with Crippen molar-refractivity contribution in [2.24, 2.45) is 7.05 Å². The van der Waals surface area contributed by atoms with E-state index in [1.54, 1.807) is 13.3 Å². The van der Waals surface area contributed by atoms with Gasteiger partial charge in [0.2, 0.25) is 0 Å². The number of carbonyl (C=O) groups is 1. The molecule has 1 heterocycles. The molecule has 164 valence electrons. The third-order valence-corrected chi connectivity index (χ3v) is 5.38. The van der Waals surface area contributed by atoms with E-state index in [1.807, 2.05) is 74.4 Å². The van der Waals surface area contributed by atoms with Crippen LogP contribution in [0.15, 0.2) is 67.0 Å². The molecule has 2 atom stereocenters. The molecule has 7 nitrogen and oxygen atoms in total. The van der Waals surface area contributed by atoms with E-state index in [0.29, 0.717) is 6.54 Å². The van der Waals surface area contributed by atoms with E-state index in [4.69, 9.17) is 4.74 Å². The van der Waals surface area contributed by atoms with Crippen LogP contribution < -0.4 is 15.4 Å². The van der Waals surface area contributed by atoms with Crippen molar-refractivity contribution in [1.29, 1.82) is 0 Å². The molecule has 0 aliphatic rings. The quantitative estimate of drug-likeness (QED) is 0.557. The number of rotatable bonds is 9. The first-order chi connectivity index (χ1) is 15.0. The van der Waals surface area contributed by atoms with Gasteiger partial charge in [-0.15, -0.1) is 0 Å². The first-order valence-corrected chi connectivity index (χ1v) is 10.3. The number of aromatic nitrogens is 2. The SMILES string of the molecule is COc1ccc(C(NC(=O)NCC(Cc2ccccc2)N(C)C)c2nccn2C)cc1. The summed E-state index contributed by atoms with van der Waals surface area (Å²) in [5.74, 6) is 1.52. The number of urea groups is 1. The zero-order valence-electron chi connectivity index (χ0n) is 18.6. The highest BCUT2D eigenvalue weighted by Crippen LogP contribution is 2.23. The summed E-state index contributed by atoms with van der Waals surface area (Å²) in [5.41, 5.74) is 2.17. The van der Waals surface area contributed by atoms with Crippen LogP contribution in [0.5, 0.6) is 5.75 Å². The largest absolute Gasteiger partial charge is 0.497 e. The van der Waals surface area contributed by atoms with Gasteiger partial charge < -0.3 is 24.8 Å². The summed E-state index contributed by atoms with van der Waals surface area (Å²) >= 11 is 0. The number of benzene rings is 2. The Labute approximate surface area is 184 Å². The monoisotopic (exact) mass is 421 g/mol. The Morgan fingerprint density at radius 3 is 2.42 bits per heavy atom. The molecule has 3 rings (SSSR count). The second-order valence-electron chi connectivity index (χ2n) is 7.76. The maximum absolute atomic E-state index is 12.8. The van der Waals surface area contributed by atoms with Crippen molar-refractivity contribution in [2.45, 2.75) is 18.5 Å². The van der Waals surface area contributed by atoms with Gasteiger partial charge in [0, 0.05) is 32.0 Å². The molecule has 2 unspecified atom stereocenters. The molecular formula is C24H31N5O2. The minimum absolute atomic E-state index is 0.181. The van der Waals surface area contributed by atoms with Gasteiger partial charge in [0.25, 0.3) is 0 Å². The fourth-order valence-corrected chi connectivity index (χ4v) is 3.46. The molecular weight excluding hydrogens is 390 g/mol. The van der Waals surface area contributed by atoms with Gasteiger partial charge >= 0.3 is 6.03 Å². The second-order valence-corrected chi connectivity index (χ2v) is 7.76. The number of carbonyl (C=O) groups excluding carboxylic acids is 1. The molecule has 0 bridgehead atoms. The summed E-state index contributed by atoms with van der Waals surface area (Å²) in [6, 6.07) is 17.5. The highest BCUT2D eigenvalue weighted by atomic mass is 16.5. The average Bonchev–Trinajstić information content (AvgIpc) is 3.21. The Hall–Kier alpha value is -3.32. The van der Waals surface area contributed by atoms with Gasteiger partial charge in [-0.3, -0.25) is 0 Å². The lowest BCUT2D eigenvalue weighted by Crippen LogP contribution is -2.46. The van der Waals surface area contributed by atoms with E-state index in [0.717, 1.165) is 23.6 Å². The van der Waals surface area contributed by atoms with Crippen LogP contribution in [0.2, 0.25) is 0 Å². The van der Waals surface area contributed by atoms with Gasteiger partial charge in [-0.25, -0.2) is 9.78 Å². The summed E-state index contributed by atoms with van der Waals surface area (Å²) in [6.07, 6.45) is 4.45. The van der Waals surface area contributed by atoms with Crippen molar-refractivity contribution in [1.82, 2.24) is 25.1 Å². The third-order valence-electron chi connectivity index (χ3n) is 5.38. The molecule has 0 aliphatic carbocycles. The minimum Gasteiger partial charge on any atom is -0.497 e. The highest BCUT2D eigenvalue weighted by molar-refractivity contribution is 5.75. The van der Waals surface area contributed by atoms with E-state index >= 15 is 0 Å². The number of hydrogen-bond donors (Lipinski definition) is 2. The van der Waals surface area contributed by atoms with E-state index in [2.05, 4.69) is 32.7 Å². The fraction of sp³-hybridized carbons (Fsp3) is 0.333. The normalized spacial score (nSPS) is 12.9. The number of nitrogens with one attached hydrogen (secondary N) is 2. The number of aryl methyl sites for hydroxylation is 1. The lowest BCUT2D eigenvalue weighted by atomic mass is 10.1. The van der Waals surface area contributed by atoms with Gasteiger partial charge in [-0.2, -0.15) is 0 Å². The van der Waals surface area contributed by atoms with E-state index in [9.17, 15) is 4.79 Å². The second kappa shape index (κ2) is 10.6. The lowest BCUT2D eigenvalue weighted by Gasteiger charge is -2.26. The molecule has 1 aromatic heterocycles. The van der Waals surface area contributed by atoms with Crippen molar-refractivity contribution >= 4 is 6.03 Å². The molecule has 2 aromatic carbocycles. The van der Waals surface area contributed by atoms with Crippen LogP contribution in [0.1, 0.15) is 23.0 Å². The number of nitrogens with zero attached hydrogens (tertiary/aromatic N) is 3. The van der Waals surface area contributed by atoms with Gasteiger partial charge in [0.1, 0.15) is 17.6 Å². The summed E-state index contributed by atoms with van der Waals surface area (Å²) in [6.45, 7) is 0.531. The molecule has 0 fully saturated rings. The highest BCUT2D eigenvalue weighted by Gasteiger charge is 2.22. The Bertz CT molecular complexity index is 954. The third kappa shape index (κ3) is 6.08. The molecule has 0 spiro atoms. The van der Waals surface area contributed by atoms with Crippen LogP contribution >= 0.6 is 0 Å². The zero-order valence-corrected chi connectivity index (χ0v) is 18.6. The van der Waals surface area contributed by atoms with E-state index < -0.39 is 0 Å². The fourth-order valence-electron chi connectivity index (χ4n) is 3.46. The van der Waals surface area contributed by atoms with Gasteiger partial charge in [-0.05, 0) is 43.8 Å². The number of imidazole rings is 1. The summed E-state index contributed by atoms with van der Waals surface area (Å²) < 4.78 is 7.17. The standard InChI is InChI=1S/C24H31N5O2/c1-28(2)20(16-18-8-6-5-7-9-18)17-26-24(30)27-22(23-25-14-15-29(23)3)19-10-12-21(31-4)13-11-19/h5-15,20,22H,16-17H2,1-4H3,(H2,26,27,30). The van der Waals surface area contributed by atoms with Crippen molar-refractivity contribution in [3.63, 3.8) is 0 Å². The van der Waals surface area contributed by atoms with Gasteiger partial charge in [0.05, 0.1) is 7.11 Å². The Kier molecular flexibility index (Phi) is 7.67. The van der Waals surface area contributed by atoms with Crippen molar-refractivity contribution in [2.75, 3.05) is 27.7 Å². The van der Waals surface area contributed by atoms with E-state index in [-0.39, 0.29) is 18.1 Å². The van der Waals surface area contributed by atoms with Crippen molar-refractivity contribution < 1.29 is 9.53 Å². The topological polar surface area (TPSA) is 71.4 Å². The number of likely N-dealkylation sites (N-methyl/N-ethyl adjacent to an activating group) is 1. The van der Waals surface area contributed by atoms with Crippen LogP contribution in [0.3, 0.4) is 0 Å². The summed E-state index contributed by atoms with van der Waals surface area (Å²) in [5, 5.41) is 6.11. The maximum Gasteiger partial charge on any atom is 0.315 e. The molecule has 31 heavy (non-hydrogen) atoms. The maximum atomic E-state index is 12.8. The van der Waals surface area contributed by atoms with Crippen molar-refractivity contribution in [3.05, 3.63) is 83.9 Å². The molecule has 0 saturated heterocycles. The molecule has 0 aliphatic heterocycles. The molecule has 2 amide bonds. The van der Waals surface area contributed by atoms with Crippen molar-refractivity contribution in [3.8, 4) is 5.75 Å². The first-order valence-electron chi connectivity index (χ1n) is 10.3. The van der Waals surface area contributed by atoms with Gasteiger partial charge in [-0.1, -0.05) is 42.5 Å². The van der Waals surface area contributed by atoms with Crippen LogP contribution in [-0.2, 0) is 13.5 Å². The number of ether oxygens (including phenoxy) is 1. The van der Waals surface area contributed by atoms with Crippen LogP contribution in [-0.4, -0.2) is 54.3 Å². The minimum atomic E-state index is -0.377. The number of hydrogen-bond acceptors (Lipinski definition) is 4. The number of amides is 2. The van der Waals surface area contributed by atoms with Crippen LogP contribution in [0.4, 0.5) is 4.79 Å². The predicted octanol–water partition coefficient (Wildman–Crippen LogP) is 2.99. The number of methoxy groups -OCH3 is 1. The van der Waals surface area contributed by atoms with Crippen LogP contribution in [0.25, 0.3) is 0 Å². The molecule has 0 radical (unpaired) electrons. The summed E-state index contributed by atoms with van der Waals surface area (Å²) in [4.78, 5) is 19.4. The Morgan fingerprint density at radius 1 is 1.13 bits per heavy atom. The zero-order chi connectivity index (χ0) is 22.2. The Morgan fingerprint density at radius 2 is 1.84 bits per heavy atom. The Balaban J connectivity index is 1.68. The van der Waals surface area contributed by atoms with Gasteiger partial charge in [0.15, 0.2) is 0 Å². The molecule has 3 aromatic rings. The molecule has 7 heteroatoms. The molecule has 2 N–H and O–H groups in total. The predicted molar refractivity (Wildman–Crippen MR) is 122 cm³/mol.